The molecule has 1 saturated heterocycles. The first-order valence-electron chi connectivity index (χ1n) is 9.17. The molecule has 6 nitrogen and oxygen atoms in total. The first kappa shape index (κ1) is 16.7. The van der Waals surface area contributed by atoms with Gasteiger partial charge in [0.2, 0.25) is 0 Å². The molecule has 2 aromatic heterocycles. The average Bonchev–Trinajstić information content (AvgIpc) is 3.36. The molecule has 0 radical (unpaired) electrons. The van der Waals surface area contributed by atoms with Gasteiger partial charge in [0.25, 0.3) is 5.89 Å². The zero-order valence-corrected chi connectivity index (χ0v) is 14.7. The summed E-state index contributed by atoms with van der Waals surface area (Å²) in [6, 6.07) is 14.8. The number of nitrogens with zero attached hydrogens (tertiary/aromatic N) is 3. The van der Waals surface area contributed by atoms with E-state index in [1.54, 1.807) is 6.20 Å². The van der Waals surface area contributed by atoms with E-state index in [2.05, 4.69) is 50.0 Å². The molecule has 0 bridgehead atoms. The topological polar surface area (TPSA) is 75.9 Å². The highest BCUT2D eigenvalue weighted by atomic mass is 16.5. The Labute approximate surface area is 153 Å². The van der Waals surface area contributed by atoms with E-state index in [1.165, 1.54) is 5.56 Å². The number of hydrogen-bond donors (Lipinski definition) is 2. The van der Waals surface area contributed by atoms with Gasteiger partial charge in [-0.15, -0.1) is 0 Å². The third-order valence-corrected chi connectivity index (χ3v) is 4.60. The highest BCUT2D eigenvalue weighted by molar-refractivity contribution is 5.54. The molecule has 2 N–H and O–H groups in total. The molecular weight excluding hydrogens is 326 g/mol. The minimum Gasteiger partial charge on any atom is -0.366 e. The number of aryl methyl sites for hydroxylation is 2. The minimum absolute atomic E-state index is 0.452. The summed E-state index contributed by atoms with van der Waals surface area (Å²) >= 11 is 0. The second-order valence-electron chi connectivity index (χ2n) is 6.62. The van der Waals surface area contributed by atoms with Gasteiger partial charge < -0.3 is 15.2 Å². The zero-order chi connectivity index (χ0) is 17.6. The smallest absolute Gasteiger partial charge is 0.259 e. The van der Waals surface area contributed by atoms with Crippen molar-refractivity contribution in [2.24, 2.45) is 0 Å². The van der Waals surface area contributed by atoms with Gasteiger partial charge >= 0.3 is 0 Å². The molecule has 0 saturated carbocycles. The van der Waals surface area contributed by atoms with E-state index >= 15 is 0 Å². The quantitative estimate of drug-likeness (QED) is 0.683. The number of pyridine rings is 1. The van der Waals surface area contributed by atoms with Crippen LogP contribution in [0.4, 0.5) is 5.82 Å². The predicted octanol–water partition coefficient (Wildman–Crippen LogP) is 3.08. The van der Waals surface area contributed by atoms with Gasteiger partial charge in [-0.3, -0.25) is 0 Å². The van der Waals surface area contributed by atoms with E-state index < -0.39 is 0 Å². The standard InChI is InChI=1S/C20H23N5O/c1-2-5-15(6-3-1)7-4-8-19-24-20(26-25-19)16-9-10-18(22-13-16)23-17-11-12-21-14-17/h1-3,5-6,9-10,13,17,21H,4,7-8,11-12,14H2,(H,22,23)/t17-/m1/s1. The molecule has 6 heteroatoms. The minimum atomic E-state index is 0.452. The molecule has 1 fully saturated rings. The molecule has 1 aliphatic heterocycles. The Balaban J connectivity index is 1.32. The molecule has 0 amide bonds. The average molecular weight is 349 g/mol. The third kappa shape index (κ3) is 4.26. The largest absolute Gasteiger partial charge is 0.366 e. The zero-order valence-electron chi connectivity index (χ0n) is 14.7. The van der Waals surface area contributed by atoms with Crippen LogP contribution in [0.5, 0.6) is 0 Å². The van der Waals surface area contributed by atoms with Gasteiger partial charge in [-0.25, -0.2) is 4.98 Å². The van der Waals surface area contributed by atoms with Crippen molar-refractivity contribution in [2.45, 2.75) is 31.7 Å². The van der Waals surface area contributed by atoms with E-state index in [4.69, 9.17) is 4.52 Å². The van der Waals surface area contributed by atoms with Gasteiger partial charge in [0, 0.05) is 25.2 Å². The van der Waals surface area contributed by atoms with E-state index in [9.17, 15) is 0 Å². The van der Waals surface area contributed by atoms with E-state index in [-0.39, 0.29) is 0 Å². The molecule has 26 heavy (non-hydrogen) atoms. The van der Waals surface area contributed by atoms with Crippen LogP contribution < -0.4 is 10.6 Å². The first-order valence-corrected chi connectivity index (χ1v) is 9.17. The SMILES string of the molecule is c1ccc(CCCc2noc(-c3ccc(N[C@@H]4CCNC4)nc3)n2)cc1. The number of benzene rings is 1. The van der Waals surface area contributed by atoms with Crippen molar-refractivity contribution in [1.82, 2.24) is 20.4 Å². The number of hydrogen-bond acceptors (Lipinski definition) is 6. The van der Waals surface area contributed by atoms with E-state index in [0.717, 1.165) is 56.0 Å². The van der Waals surface area contributed by atoms with Crippen LogP contribution in [0.3, 0.4) is 0 Å². The van der Waals surface area contributed by atoms with Crippen LogP contribution in [0.1, 0.15) is 24.2 Å². The summed E-state index contributed by atoms with van der Waals surface area (Å²) in [5, 5.41) is 10.9. The maximum Gasteiger partial charge on any atom is 0.259 e. The lowest BCUT2D eigenvalue weighted by atomic mass is 10.1. The number of anilines is 1. The first-order chi connectivity index (χ1) is 12.9. The predicted molar refractivity (Wildman–Crippen MR) is 101 cm³/mol. The Kier molecular flexibility index (Phi) is 5.21. The number of nitrogens with one attached hydrogen (secondary N) is 2. The van der Waals surface area contributed by atoms with Gasteiger partial charge in [0.1, 0.15) is 5.82 Å². The van der Waals surface area contributed by atoms with E-state index in [0.29, 0.717) is 11.9 Å². The maximum atomic E-state index is 5.40. The third-order valence-electron chi connectivity index (χ3n) is 4.60. The lowest BCUT2D eigenvalue weighted by Gasteiger charge is -2.11. The van der Waals surface area contributed by atoms with Crippen LogP contribution in [-0.4, -0.2) is 34.3 Å². The maximum absolute atomic E-state index is 5.40. The Bertz CT molecular complexity index is 810. The Morgan fingerprint density at radius 2 is 2.04 bits per heavy atom. The molecule has 1 aromatic carbocycles. The van der Waals surface area contributed by atoms with Gasteiger partial charge in [0.05, 0.1) is 5.56 Å². The summed E-state index contributed by atoms with van der Waals surface area (Å²) in [4.78, 5) is 8.96. The fraction of sp³-hybridized carbons (Fsp3) is 0.350. The Morgan fingerprint density at radius 1 is 1.12 bits per heavy atom. The van der Waals surface area contributed by atoms with Crippen LogP contribution in [0, 0.1) is 0 Å². The monoisotopic (exact) mass is 349 g/mol. The molecule has 0 unspecified atom stereocenters. The molecule has 1 aliphatic rings. The summed E-state index contributed by atoms with van der Waals surface area (Å²) in [5.74, 6) is 2.15. The fourth-order valence-electron chi connectivity index (χ4n) is 3.16. The fourth-order valence-corrected chi connectivity index (χ4v) is 3.16. The number of rotatable bonds is 7. The van der Waals surface area contributed by atoms with Crippen molar-refractivity contribution in [3.8, 4) is 11.5 Å². The lowest BCUT2D eigenvalue weighted by molar-refractivity contribution is 0.421. The number of aromatic nitrogens is 3. The highest BCUT2D eigenvalue weighted by Crippen LogP contribution is 2.19. The molecule has 0 aliphatic carbocycles. The van der Waals surface area contributed by atoms with Gasteiger partial charge in [-0.1, -0.05) is 35.5 Å². The van der Waals surface area contributed by atoms with Crippen LogP contribution in [0.25, 0.3) is 11.5 Å². The van der Waals surface area contributed by atoms with Crippen LogP contribution in [0.2, 0.25) is 0 Å². The van der Waals surface area contributed by atoms with Crippen molar-refractivity contribution in [2.75, 3.05) is 18.4 Å². The molecule has 3 aromatic rings. The van der Waals surface area contributed by atoms with Crippen molar-refractivity contribution >= 4 is 5.82 Å². The van der Waals surface area contributed by atoms with Crippen molar-refractivity contribution in [3.05, 3.63) is 60.0 Å². The molecule has 0 spiro atoms. The second kappa shape index (κ2) is 8.10. The molecular formula is C20H23N5O. The summed E-state index contributed by atoms with van der Waals surface area (Å²) in [5.41, 5.74) is 2.18. The van der Waals surface area contributed by atoms with Crippen LogP contribution in [0.15, 0.2) is 53.2 Å². The lowest BCUT2D eigenvalue weighted by Crippen LogP contribution is -2.22. The van der Waals surface area contributed by atoms with Gasteiger partial charge in [-0.2, -0.15) is 4.98 Å². The molecule has 1 atom stereocenters. The summed E-state index contributed by atoms with van der Waals surface area (Å²) in [6.07, 6.45) is 5.73. The molecule has 4 rings (SSSR count). The van der Waals surface area contributed by atoms with Crippen molar-refractivity contribution in [1.29, 1.82) is 0 Å². The van der Waals surface area contributed by atoms with Crippen molar-refractivity contribution in [3.63, 3.8) is 0 Å². The van der Waals surface area contributed by atoms with Crippen LogP contribution >= 0.6 is 0 Å². The summed E-state index contributed by atoms with van der Waals surface area (Å²) in [7, 11) is 0. The summed E-state index contributed by atoms with van der Waals surface area (Å²) < 4.78 is 5.40. The van der Waals surface area contributed by atoms with Gasteiger partial charge in [-0.05, 0) is 43.5 Å². The molecule has 3 heterocycles. The normalized spacial score (nSPS) is 16.7. The molecule has 134 valence electrons. The van der Waals surface area contributed by atoms with E-state index in [1.807, 2.05) is 18.2 Å². The highest BCUT2D eigenvalue weighted by Gasteiger charge is 2.15. The Morgan fingerprint density at radius 3 is 2.81 bits per heavy atom. The van der Waals surface area contributed by atoms with Crippen LogP contribution in [-0.2, 0) is 12.8 Å². The van der Waals surface area contributed by atoms with Gasteiger partial charge in [0.15, 0.2) is 5.82 Å². The summed E-state index contributed by atoms with van der Waals surface area (Å²) in [6.45, 7) is 2.05. The van der Waals surface area contributed by atoms with Crippen molar-refractivity contribution < 1.29 is 4.52 Å². The Hall–Kier alpha value is -2.73. The second-order valence-corrected chi connectivity index (χ2v) is 6.62.